The third-order valence-electron chi connectivity index (χ3n) is 3.21. The zero-order valence-electron chi connectivity index (χ0n) is 9.34. The van der Waals surface area contributed by atoms with Gasteiger partial charge in [-0.1, -0.05) is 19.1 Å². The van der Waals surface area contributed by atoms with E-state index in [4.69, 9.17) is 0 Å². The highest BCUT2D eigenvalue weighted by Gasteiger charge is 2.57. The molecule has 0 spiro atoms. The monoisotopic (exact) mass is 256 g/mol. The fourth-order valence-corrected chi connectivity index (χ4v) is 4.04. The normalized spacial score (nSPS) is 27.8. The van der Waals surface area contributed by atoms with Crippen molar-refractivity contribution in [2.75, 3.05) is 5.75 Å². The summed E-state index contributed by atoms with van der Waals surface area (Å²) in [6.45, 7) is 1.55. The molecule has 2 rings (SSSR count). The average Bonchev–Trinajstić information content (AvgIpc) is 3.04. The quantitative estimate of drug-likeness (QED) is 0.768. The van der Waals surface area contributed by atoms with Gasteiger partial charge in [-0.05, 0) is 17.7 Å². The summed E-state index contributed by atoms with van der Waals surface area (Å²) < 4.78 is 36.5. The average molecular weight is 256 g/mol. The number of sulfone groups is 1. The van der Waals surface area contributed by atoms with Crippen LogP contribution in [0.2, 0.25) is 0 Å². The lowest BCUT2D eigenvalue weighted by Crippen LogP contribution is -2.12. The Balaban J connectivity index is 2.33. The van der Waals surface area contributed by atoms with E-state index in [0.29, 0.717) is 11.8 Å². The van der Waals surface area contributed by atoms with Crippen molar-refractivity contribution >= 4 is 16.1 Å². The van der Waals surface area contributed by atoms with E-state index in [1.165, 1.54) is 18.2 Å². The van der Waals surface area contributed by atoms with Gasteiger partial charge in [0.1, 0.15) is 12.1 Å². The van der Waals surface area contributed by atoms with Crippen LogP contribution >= 0.6 is 0 Å². The van der Waals surface area contributed by atoms with Gasteiger partial charge in [0, 0.05) is 17.6 Å². The molecule has 0 heterocycles. The highest BCUT2D eigenvalue weighted by molar-refractivity contribution is 7.92. The van der Waals surface area contributed by atoms with Gasteiger partial charge in [-0.2, -0.15) is 0 Å². The molecule has 5 heteroatoms. The minimum absolute atomic E-state index is 0.00776. The first-order valence-corrected chi connectivity index (χ1v) is 7.15. The van der Waals surface area contributed by atoms with E-state index in [0.717, 1.165) is 0 Å². The maximum Gasteiger partial charge on any atom is 0.154 e. The van der Waals surface area contributed by atoms with Crippen LogP contribution in [0.5, 0.6) is 0 Å². The molecular formula is C12H13FO3S. The fourth-order valence-electron chi connectivity index (χ4n) is 2.25. The van der Waals surface area contributed by atoms with Gasteiger partial charge in [-0.3, -0.25) is 0 Å². The molecule has 3 atom stereocenters. The highest BCUT2D eigenvalue weighted by Crippen LogP contribution is 2.51. The standard InChI is InChI=1S/C12H13FO3S/c1-2-17(15,16)12-10(7-14)11(12)8-4-3-5-9(13)6-8/h3-7,10-12H,2H2,1H3. The molecule has 1 aliphatic carbocycles. The Morgan fingerprint density at radius 2 is 2.12 bits per heavy atom. The Hall–Kier alpha value is -1.23. The molecule has 0 radical (unpaired) electrons. The molecule has 0 aromatic heterocycles. The number of carbonyl (C=O) groups is 1. The van der Waals surface area contributed by atoms with Gasteiger partial charge < -0.3 is 4.79 Å². The first kappa shape index (κ1) is 12.2. The molecule has 0 amide bonds. The number of hydrogen-bond acceptors (Lipinski definition) is 3. The van der Waals surface area contributed by atoms with E-state index in [1.54, 1.807) is 13.0 Å². The van der Waals surface area contributed by atoms with Crippen LogP contribution in [0.15, 0.2) is 24.3 Å². The van der Waals surface area contributed by atoms with Crippen LogP contribution < -0.4 is 0 Å². The van der Waals surface area contributed by atoms with E-state index >= 15 is 0 Å². The van der Waals surface area contributed by atoms with Crippen LogP contribution in [-0.4, -0.2) is 25.7 Å². The highest BCUT2D eigenvalue weighted by atomic mass is 32.2. The van der Waals surface area contributed by atoms with Crippen molar-refractivity contribution in [1.82, 2.24) is 0 Å². The van der Waals surface area contributed by atoms with Crippen molar-refractivity contribution in [2.24, 2.45) is 5.92 Å². The Morgan fingerprint density at radius 1 is 1.41 bits per heavy atom. The summed E-state index contributed by atoms with van der Waals surface area (Å²) in [4.78, 5) is 10.9. The Morgan fingerprint density at radius 3 is 2.65 bits per heavy atom. The van der Waals surface area contributed by atoms with E-state index in [2.05, 4.69) is 0 Å². The summed E-state index contributed by atoms with van der Waals surface area (Å²) >= 11 is 0. The fraction of sp³-hybridized carbons (Fsp3) is 0.417. The van der Waals surface area contributed by atoms with Gasteiger partial charge in [0.25, 0.3) is 0 Å². The van der Waals surface area contributed by atoms with Crippen LogP contribution in [0.25, 0.3) is 0 Å². The summed E-state index contributed by atoms with van der Waals surface area (Å²) in [5.41, 5.74) is 0.587. The van der Waals surface area contributed by atoms with Gasteiger partial charge >= 0.3 is 0 Å². The lowest BCUT2D eigenvalue weighted by molar-refractivity contribution is -0.108. The minimum Gasteiger partial charge on any atom is -0.303 e. The van der Waals surface area contributed by atoms with Crippen molar-refractivity contribution in [3.8, 4) is 0 Å². The number of rotatable bonds is 4. The largest absolute Gasteiger partial charge is 0.303 e. The Kier molecular flexibility index (Phi) is 3.03. The second-order valence-corrected chi connectivity index (χ2v) is 6.66. The number of carbonyl (C=O) groups excluding carboxylic acids is 1. The molecule has 92 valence electrons. The van der Waals surface area contributed by atoms with Gasteiger partial charge in [0.2, 0.25) is 0 Å². The second kappa shape index (κ2) is 4.22. The number of halogens is 1. The topological polar surface area (TPSA) is 51.2 Å². The maximum absolute atomic E-state index is 13.1. The first-order valence-electron chi connectivity index (χ1n) is 5.43. The molecule has 0 aliphatic heterocycles. The summed E-state index contributed by atoms with van der Waals surface area (Å²) in [5, 5.41) is -0.674. The third kappa shape index (κ3) is 2.11. The molecule has 0 bridgehead atoms. The van der Waals surface area contributed by atoms with Crippen molar-refractivity contribution in [3.63, 3.8) is 0 Å². The Bertz CT molecular complexity index is 538. The summed E-state index contributed by atoms with van der Waals surface area (Å²) in [5.74, 6) is -1.31. The summed E-state index contributed by atoms with van der Waals surface area (Å²) in [7, 11) is -3.25. The smallest absolute Gasteiger partial charge is 0.154 e. The zero-order valence-corrected chi connectivity index (χ0v) is 10.2. The van der Waals surface area contributed by atoms with E-state index in [9.17, 15) is 17.6 Å². The van der Waals surface area contributed by atoms with Crippen molar-refractivity contribution in [3.05, 3.63) is 35.6 Å². The molecular weight excluding hydrogens is 243 g/mol. The molecule has 3 nitrogen and oxygen atoms in total. The van der Waals surface area contributed by atoms with E-state index in [-0.39, 0.29) is 11.7 Å². The van der Waals surface area contributed by atoms with Crippen molar-refractivity contribution < 1.29 is 17.6 Å². The number of benzene rings is 1. The van der Waals surface area contributed by atoms with Crippen LogP contribution in [0.1, 0.15) is 18.4 Å². The first-order chi connectivity index (χ1) is 8.01. The zero-order chi connectivity index (χ0) is 12.6. The molecule has 0 saturated heterocycles. The van der Waals surface area contributed by atoms with Gasteiger partial charge in [0.05, 0.1) is 5.25 Å². The number of hydrogen-bond donors (Lipinski definition) is 0. The SMILES string of the molecule is CCS(=O)(=O)C1C(C=O)C1c1cccc(F)c1. The van der Waals surface area contributed by atoms with Gasteiger partial charge in [0.15, 0.2) is 9.84 Å². The van der Waals surface area contributed by atoms with Crippen molar-refractivity contribution in [1.29, 1.82) is 0 Å². The molecule has 0 N–H and O–H groups in total. The minimum atomic E-state index is -3.25. The van der Waals surface area contributed by atoms with Gasteiger partial charge in [-0.25, -0.2) is 12.8 Å². The van der Waals surface area contributed by atoms with Crippen LogP contribution in [-0.2, 0) is 14.6 Å². The van der Waals surface area contributed by atoms with Crippen LogP contribution in [0, 0.1) is 11.7 Å². The lowest BCUT2D eigenvalue weighted by atomic mass is 10.1. The van der Waals surface area contributed by atoms with Gasteiger partial charge in [-0.15, -0.1) is 0 Å². The molecule has 1 aromatic rings. The van der Waals surface area contributed by atoms with Crippen LogP contribution in [0.3, 0.4) is 0 Å². The molecule has 1 aliphatic rings. The number of aldehydes is 1. The van der Waals surface area contributed by atoms with E-state index < -0.39 is 26.8 Å². The Labute approximate surface area is 99.6 Å². The molecule has 1 aromatic carbocycles. The summed E-state index contributed by atoms with van der Waals surface area (Å²) in [6, 6.07) is 5.79. The van der Waals surface area contributed by atoms with Crippen molar-refractivity contribution in [2.45, 2.75) is 18.1 Å². The molecule has 17 heavy (non-hydrogen) atoms. The lowest BCUT2D eigenvalue weighted by Gasteiger charge is -2.00. The maximum atomic E-state index is 13.1. The summed E-state index contributed by atoms with van der Waals surface area (Å²) in [6.07, 6.45) is 0.660. The molecule has 1 saturated carbocycles. The molecule has 1 fully saturated rings. The third-order valence-corrected chi connectivity index (χ3v) is 5.46. The predicted molar refractivity (Wildman–Crippen MR) is 61.9 cm³/mol. The van der Waals surface area contributed by atoms with Crippen LogP contribution in [0.4, 0.5) is 4.39 Å². The second-order valence-electron chi connectivity index (χ2n) is 4.21. The predicted octanol–water partition coefficient (Wildman–Crippen LogP) is 1.54. The van der Waals surface area contributed by atoms with E-state index in [1.807, 2.05) is 0 Å². The molecule has 3 unspecified atom stereocenters.